The Morgan fingerprint density at radius 2 is 1.90 bits per heavy atom. The molecular formula is C29H37N5O5S. The van der Waals surface area contributed by atoms with Gasteiger partial charge in [0.25, 0.3) is 0 Å². The van der Waals surface area contributed by atoms with Gasteiger partial charge in [0.2, 0.25) is 5.88 Å². The monoisotopic (exact) mass is 567 g/mol. The molecule has 2 atom stereocenters. The molecule has 0 amide bonds. The highest BCUT2D eigenvalue weighted by atomic mass is 32.2. The number of sulfone groups is 1. The first-order valence-corrected chi connectivity index (χ1v) is 15.7. The quantitative estimate of drug-likeness (QED) is 0.370. The predicted molar refractivity (Wildman–Crippen MR) is 154 cm³/mol. The molecule has 1 aliphatic heterocycles. The second-order valence-electron chi connectivity index (χ2n) is 12.0. The molecule has 3 aromatic heterocycles. The molecule has 10 nitrogen and oxygen atoms in total. The average molecular weight is 568 g/mol. The van der Waals surface area contributed by atoms with E-state index in [-0.39, 0.29) is 29.7 Å². The molecule has 1 aliphatic carbocycles. The van der Waals surface area contributed by atoms with E-state index < -0.39 is 21.0 Å². The van der Waals surface area contributed by atoms with Crippen molar-refractivity contribution in [1.82, 2.24) is 15.0 Å². The number of carbonyl (C=O) groups is 1. The highest BCUT2D eigenvalue weighted by Crippen LogP contribution is 2.39. The Balaban J connectivity index is 1.46. The van der Waals surface area contributed by atoms with Gasteiger partial charge in [0.15, 0.2) is 0 Å². The molecule has 214 valence electrons. The highest BCUT2D eigenvalue weighted by molar-refractivity contribution is 7.90. The van der Waals surface area contributed by atoms with Gasteiger partial charge in [-0.3, -0.25) is 0 Å². The summed E-state index contributed by atoms with van der Waals surface area (Å²) in [6.45, 7) is 9.75. The normalized spacial score (nSPS) is 23.5. The van der Waals surface area contributed by atoms with Gasteiger partial charge in [-0.25, -0.2) is 28.2 Å². The molecule has 0 radical (unpaired) electrons. The summed E-state index contributed by atoms with van der Waals surface area (Å²) in [6, 6.07) is 5.38. The minimum absolute atomic E-state index is 0.0880. The van der Waals surface area contributed by atoms with Gasteiger partial charge in [0, 0.05) is 30.1 Å². The number of rotatable bonds is 8. The molecule has 2 aliphatic rings. The summed E-state index contributed by atoms with van der Waals surface area (Å²) < 4.78 is 35.0. The van der Waals surface area contributed by atoms with Crippen molar-refractivity contribution in [2.24, 2.45) is 11.7 Å². The van der Waals surface area contributed by atoms with E-state index in [2.05, 4.69) is 15.3 Å². The van der Waals surface area contributed by atoms with Crippen molar-refractivity contribution in [3.05, 3.63) is 47.4 Å². The van der Waals surface area contributed by atoms with E-state index in [1.54, 1.807) is 24.5 Å². The van der Waals surface area contributed by atoms with Crippen molar-refractivity contribution in [3.8, 4) is 5.88 Å². The van der Waals surface area contributed by atoms with Crippen LogP contribution in [0, 0.1) is 5.92 Å². The van der Waals surface area contributed by atoms with Gasteiger partial charge in [0.05, 0.1) is 22.4 Å². The minimum Gasteiger partial charge on any atom is -0.474 e. The molecule has 0 saturated heterocycles. The Bertz CT molecular complexity index is 1580. The third kappa shape index (κ3) is 5.49. The number of fused-ring (bicyclic) bond motifs is 2. The minimum atomic E-state index is -3.02. The Hall–Kier alpha value is -3.31. The zero-order chi connectivity index (χ0) is 29.0. The van der Waals surface area contributed by atoms with Crippen LogP contribution in [0.25, 0.3) is 10.8 Å². The summed E-state index contributed by atoms with van der Waals surface area (Å²) in [4.78, 5) is 26.5. The van der Waals surface area contributed by atoms with Crippen molar-refractivity contribution < 1.29 is 22.7 Å². The van der Waals surface area contributed by atoms with E-state index in [0.29, 0.717) is 48.0 Å². The van der Waals surface area contributed by atoms with Crippen LogP contribution < -0.4 is 15.8 Å². The number of nitrogens with one attached hydrogen (secondary N) is 1. The van der Waals surface area contributed by atoms with E-state index in [4.69, 9.17) is 20.2 Å². The number of ether oxygens (including phenoxy) is 2. The van der Waals surface area contributed by atoms with Crippen LogP contribution in [-0.4, -0.2) is 53.1 Å². The summed E-state index contributed by atoms with van der Waals surface area (Å²) >= 11 is 0. The highest BCUT2D eigenvalue weighted by Gasteiger charge is 2.40. The topological polar surface area (TPSA) is 146 Å². The number of anilines is 2. The zero-order valence-electron chi connectivity index (χ0n) is 23.8. The van der Waals surface area contributed by atoms with Crippen LogP contribution >= 0.6 is 0 Å². The van der Waals surface area contributed by atoms with Crippen LogP contribution in [0.2, 0.25) is 0 Å². The number of nitrogens with two attached hydrogens (primary N) is 1. The van der Waals surface area contributed by atoms with Gasteiger partial charge < -0.3 is 20.5 Å². The molecule has 0 spiro atoms. The van der Waals surface area contributed by atoms with Crippen molar-refractivity contribution in [1.29, 1.82) is 0 Å². The van der Waals surface area contributed by atoms with E-state index >= 15 is 0 Å². The molecule has 0 bridgehead atoms. The second-order valence-corrected chi connectivity index (χ2v) is 14.2. The lowest BCUT2D eigenvalue weighted by Gasteiger charge is -2.36. The van der Waals surface area contributed by atoms with Gasteiger partial charge in [-0.2, -0.15) is 0 Å². The number of aromatic nitrogens is 3. The Morgan fingerprint density at radius 1 is 1.18 bits per heavy atom. The van der Waals surface area contributed by atoms with Crippen molar-refractivity contribution in [3.63, 3.8) is 0 Å². The first kappa shape index (κ1) is 28.2. The summed E-state index contributed by atoms with van der Waals surface area (Å²) in [5, 5.41) is 4.87. The first-order chi connectivity index (χ1) is 18.7. The number of carbonyl (C=O) groups excluding carboxylic acids is 1. The number of pyridine rings is 3. The maximum absolute atomic E-state index is 12.5. The summed E-state index contributed by atoms with van der Waals surface area (Å²) in [5.74, 6) is 1.39. The average Bonchev–Trinajstić information content (AvgIpc) is 2.85. The number of nitrogens with zero attached hydrogens (tertiary/aromatic N) is 3. The van der Waals surface area contributed by atoms with E-state index in [9.17, 15) is 13.2 Å². The third-order valence-corrected chi connectivity index (χ3v) is 9.38. The number of esters is 1. The molecule has 5 rings (SSSR count). The standard InChI is InChI=1S/C29H37N5O5S/c1-7-29(5,30)22-14-32-26(38-18-10-17(11-18)15-40(6,36)37)21-13-31-24(12-20(21)22)33-23-9-8-19-25(34-23)16(2)28(3,4)39-27(19)35/h8-9,12-14,16-18H,7,10-11,15,30H2,1-6H3,(H,31,33,34)/t16-,17-,18+,29?/m1/s1. The first-order valence-electron chi connectivity index (χ1n) is 13.6. The van der Waals surface area contributed by atoms with Crippen LogP contribution in [-0.2, 0) is 20.1 Å². The van der Waals surface area contributed by atoms with Crippen molar-refractivity contribution >= 4 is 38.2 Å². The SMILES string of the molecule is CCC(C)(N)c1cnc(O[C@H]2C[C@@H](CS(C)(=O)=O)C2)c2cnc(Nc3ccc4c(n3)[C@@H](C)C(C)(C)OC4=O)cc12. The predicted octanol–water partition coefficient (Wildman–Crippen LogP) is 4.61. The summed E-state index contributed by atoms with van der Waals surface area (Å²) in [6.07, 6.45) is 6.66. The molecule has 1 fully saturated rings. The third-order valence-electron chi connectivity index (χ3n) is 8.30. The van der Waals surface area contributed by atoms with Gasteiger partial charge in [-0.15, -0.1) is 0 Å². The number of hydrogen-bond acceptors (Lipinski definition) is 10. The fourth-order valence-electron chi connectivity index (χ4n) is 5.30. The molecule has 40 heavy (non-hydrogen) atoms. The second kappa shape index (κ2) is 9.95. The molecule has 4 heterocycles. The summed E-state index contributed by atoms with van der Waals surface area (Å²) in [5.41, 5.74) is 7.39. The Labute approximate surface area is 235 Å². The fourth-order valence-corrected chi connectivity index (χ4v) is 6.43. The lowest BCUT2D eigenvalue weighted by atomic mass is 9.84. The molecule has 1 unspecified atom stereocenters. The molecular weight excluding hydrogens is 530 g/mol. The molecule has 1 saturated carbocycles. The van der Waals surface area contributed by atoms with Crippen LogP contribution in [0.3, 0.4) is 0 Å². The van der Waals surface area contributed by atoms with E-state index in [0.717, 1.165) is 16.3 Å². The van der Waals surface area contributed by atoms with E-state index in [1.807, 2.05) is 40.7 Å². The lowest BCUT2D eigenvalue weighted by molar-refractivity contribution is -0.0189. The molecule has 11 heteroatoms. The van der Waals surface area contributed by atoms with Crippen LogP contribution in [0.5, 0.6) is 5.88 Å². The van der Waals surface area contributed by atoms with Crippen molar-refractivity contribution in [2.75, 3.05) is 17.3 Å². The van der Waals surface area contributed by atoms with Crippen LogP contribution in [0.4, 0.5) is 11.6 Å². The van der Waals surface area contributed by atoms with Gasteiger partial charge in [0.1, 0.15) is 33.2 Å². The Morgan fingerprint density at radius 3 is 2.58 bits per heavy atom. The maximum atomic E-state index is 12.5. The van der Waals surface area contributed by atoms with Gasteiger partial charge in [-0.05, 0) is 75.1 Å². The van der Waals surface area contributed by atoms with Gasteiger partial charge >= 0.3 is 5.97 Å². The smallest absolute Gasteiger partial charge is 0.340 e. The molecule has 0 aromatic carbocycles. The zero-order valence-corrected chi connectivity index (χ0v) is 24.6. The maximum Gasteiger partial charge on any atom is 0.340 e. The molecule has 3 aromatic rings. The van der Waals surface area contributed by atoms with Crippen LogP contribution in [0.1, 0.15) is 81.4 Å². The lowest BCUT2D eigenvalue weighted by Crippen LogP contribution is -2.39. The van der Waals surface area contributed by atoms with Crippen molar-refractivity contribution in [2.45, 2.75) is 77.0 Å². The number of hydrogen-bond donors (Lipinski definition) is 2. The summed E-state index contributed by atoms with van der Waals surface area (Å²) in [7, 11) is -3.02. The van der Waals surface area contributed by atoms with E-state index in [1.165, 1.54) is 6.26 Å². The Kier molecular flexibility index (Phi) is 7.02. The fraction of sp³-hybridized carbons (Fsp3) is 0.517. The van der Waals surface area contributed by atoms with Gasteiger partial charge in [-0.1, -0.05) is 13.8 Å². The largest absolute Gasteiger partial charge is 0.474 e. The molecule has 3 N–H and O–H groups in total. The number of cyclic esters (lactones) is 1. The van der Waals surface area contributed by atoms with Crippen LogP contribution in [0.15, 0.2) is 30.6 Å².